The van der Waals surface area contributed by atoms with Crippen molar-refractivity contribution >= 4 is 29.5 Å². The number of fused-ring (bicyclic) bond motifs is 1. The fraction of sp³-hybridized carbons (Fsp3) is 0.175. The molecule has 0 fully saturated rings. The molecule has 1 heterocycles. The van der Waals surface area contributed by atoms with E-state index in [9.17, 15) is 20.4 Å². The summed E-state index contributed by atoms with van der Waals surface area (Å²) in [6.07, 6.45) is 1.40. The van der Waals surface area contributed by atoms with Crippen LogP contribution in [0.5, 0.6) is 17.5 Å². The molecule has 2 atom stereocenters. The van der Waals surface area contributed by atoms with E-state index in [1.165, 1.54) is 12.1 Å². The van der Waals surface area contributed by atoms with Gasteiger partial charge in [-0.1, -0.05) is 71.7 Å². The number of halogens is 2. The van der Waals surface area contributed by atoms with E-state index in [0.717, 1.165) is 39.8 Å². The van der Waals surface area contributed by atoms with Gasteiger partial charge in [-0.3, -0.25) is 4.79 Å². The van der Waals surface area contributed by atoms with Crippen molar-refractivity contribution in [3.63, 3.8) is 0 Å². The number of nitrogens with zero attached hydrogens (tertiary/aromatic N) is 3. The van der Waals surface area contributed by atoms with Gasteiger partial charge in [0.1, 0.15) is 23.5 Å². The number of carbonyl (C=O) groups excluding carboxylic acids is 1. The molecule has 50 heavy (non-hydrogen) atoms. The van der Waals surface area contributed by atoms with Gasteiger partial charge in [-0.2, -0.15) is 15.5 Å². The molecule has 0 bridgehead atoms. The number of nitriles is 2. The van der Waals surface area contributed by atoms with Crippen molar-refractivity contribution in [3.8, 4) is 51.9 Å². The summed E-state index contributed by atoms with van der Waals surface area (Å²) in [6.45, 7) is 3.90. The standard InChI is InChI=1S/C40H30Cl2N3O5/c1-24(47)14-15-48-30-10-8-28(9-11-30)31-4-2-7-35(38(31)42)32-5-3-6-34-33(32)12-13-37(34)50-40-36(41)19-29(22-46)39(45-40)49-23-27-17-25(20-43)16-26(18-27)21-44/h2-11,16-19,22,24,37,47H,1,12-15,23H2/t24-,37-/m0/s1. The molecule has 1 aromatic heterocycles. The highest BCUT2D eigenvalue weighted by molar-refractivity contribution is 6.36. The van der Waals surface area contributed by atoms with Crippen LogP contribution in [-0.4, -0.2) is 29.1 Å². The van der Waals surface area contributed by atoms with Crippen molar-refractivity contribution < 1.29 is 24.1 Å². The number of carbonyl (C=O) groups is 1. The Balaban J connectivity index is 1.23. The number of ether oxygens (including phenoxy) is 3. The fourth-order valence-electron chi connectivity index (χ4n) is 5.94. The SMILES string of the molecule is [CH2][C@H](O)CCOc1ccc(-c2cccc(-c3cccc4c3CC[C@@H]4Oc3nc(OCc4cc(C#N)cc(C#N)c4)c(C=O)cc3Cl)c2Cl)cc1. The van der Waals surface area contributed by atoms with Gasteiger partial charge in [0.05, 0.1) is 46.6 Å². The Morgan fingerprint density at radius 3 is 2.32 bits per heavy atom. The molecule has 0 spiro atoms. The number of hydrogen-bond donors (Lipinski definition) is 1. The minimum absolute atomic E-state index is 0.0208. The minimum Gasteiger partial charge on any atom is -0.493 e. The number of rotatable bonds is 12. The third-order valence-electron chi connectivity index (χ3n) is 8.33. The first-order valence-electron chi connectivity index (χ1n) is 15.8. The predicted octanol–water partition coefficient (Wildman–Crippen LogP) is 8.89. The van der Waals surface area contributed by atoms with E-state index in [0.29, 0.717) is 53.2 Å². The molecule has 1 radical (unpaired) electrons. The van der Waals surface area contributed by atoms with Gasteiger partial charge in [0, 0.05) is 17.5 Å². The van der Waals surface area contributed by atoms with Crippen LogP contribution in [0.3, 0.4) is 0 Å². The lowest BCUT2D eigenvalue weighted by molar-refractivity contribution is 0.111. The second-order valence-corrected chi connectivity index (χ2v) is 12.5. The average molecular weight is 704 g/mol. The maximum atomic E-state index is 11.9. The Kier molecular flexibility index (Phi) is 10.7. The minimum atomic E-state index is -0.665. The first-order valence-corrected chi connectivity index (χ1v) is 16.6. The highest BCUT2D eigenvalue weighted by Gasteiger charge is 2.29. The zero-order valence-electron chi connectivity index (χ0n) is 26.7. The van der Waals surface area contributed by atoms with Crippen molar-refractivity contribution in [2.24, 2.45) is 0 Å². The molecule has 1 N–H and O–H groups in total. The fourth-order valence-corrected chi connectivity index (χ4v) is 6.48. The maximum Gasteiger partial charge on any atom is 0.236 e. The van der Waals surface area contributed by atoms with Gasteiger partial charge in [-0.25, -0.2) is 0 Å². The normalized spacial score (nSPS) is 13.8. The Morgan fingerprint density at radius 2 is 1.62 bits per heavy atom. The smallest absolute Gasteiger partial charge is 0.236 e. The third-order valence-corrected chi connectivity index (χ3v) is 9.01. The summed E-state index contributed by atoms with van der Waals surface area (Å²) in [4.78, 5) is 16.3. The summed E-state index contributed by atoms with van der Waals surface area (Å²) >= 11 is 13.6. The molecule has 8 nitrogen and oxygen atoms in total. The average Bonchev–Trinajstić information content (AvgIpc) is 3.54. The van der Waals surface area contributed by atoms with Gasteiger partial charge in [-0.15, -0.1) is 0 Å². The van der Waals surface area contributed by atoms with Gasteiger partial charge < -0.3 is 19.3 Å². The monoisotopic (exact) mass is 702 g/mol. The van der Waals surface area contributed by atoms with Gasteiger partial charge in [0.25, 0.3) is 0 Å². The zero-order valence-corrected chi connectivity index (χ0v) is 28.2. The Labute approximate surface area is 300 Å². The summed E-state index contributed by atoms with van der Waals surface area (Å²) in [7, 11) is 0. The number of pyridine rings is 1. The van der Waals surface area contributed by atoms with Gasteiger partial charge in [-0.05, 0) is 84.0 Å². The molecule has 10 heteroatoms. The molecule has 5 aromatic rings. The first-order chi connectivity index (χ1) is 24.3. The topological polar surface area (TPSA) is 125 Å². The van der Waals surface area contributed by atoms with E-state index in [1.54, 1.807) is 12.1 Å². The van der Waals surface area contributed by atoms with Crippen LogP contribution >= 0.6 is 23.2 Å². The summed E-state index contributed by atoms with van der Waals surface area (Å²) in [5.41, 5.74) is 7.17. The second-order valence-electron chi connectivity index (χ2n) is 11.7. The molecule has 4 aromatic carbocycles. The summed E-state index contributed by atoms with van der Waals surface area (Å²) in [6, 6.07) is 29.9. The first kappa shape index (κ1) is 34.5. The van der Waals surface area contributed by atoms with Crippen LogP contribution < -0.4 is 14.2 Å². The Morgan fingerprint density at radius 1 is 0.920 bits per heavy atom. The summed E-state index contributed by atoms with van der Waals surface area (Å²) < 4.78 is 18.0. The Hall–Kier alpha value is -5.38. The van der Waals surface area contributed by atoms with E-state index in [-0.39, 0.29) is 35.1 Å². The number of hydrogen-bond acceptors (Lipinski definition) is 8. The van der Waals surface area contributed by atoms with Crippen molar-refractivity contribution in [2.45, 2.75) is 38.1 Å². The van der Waals surface area contributed by atoms with Crippen LogP contribution in [-0.2, 0) is 13.0 Å². The van der Waals surface area contributed by atoms with Crippen LogP contribution in [0.2, 0.25) is 10.0 Å². The van der Waals surface area contributed by atoms with E-state index >= 15 is 0 Å². The maximum absolute atomic E-state index is 11.9. The van der Waals surface area contributed by atoms with Crippen molar-refractivity contribution in [1.82, 2.24) is 4.98 Å². The third kappa shape index (κ3) is 7.59. The molecule has 0 amide bonds. The Bertz CT molecular complexity index is 2110. The molecule has 0 unspecified atom stereocenters. The largest absolute Gasteiger partial charge is 0.493 e. The van der Waals surface area contributed by atoms with E-state index < -0.39 is 6.10 Å². The summed E-state index contributed by atoms with van der Waals surface area (Å²) in [5, 5.41) is 28.8. The molecule has 0 saturated carbocycles. The van der Waals surface area contributed by atoms with Gasteiger partial charge in [0.15, 0.2) is 6.29 Å². The van der Waals surface area contributed by atoms with Crippen molar-refractivity contribution in [3.05, 3.63) is 135 Å². The lowest BCUT2D eigenvalue weighted by atomic mass is 9.94. The van der Waals surface area contributed by atoms with E-state index in [4.69, 9.17) is 37.4 Å². The molecular weight excluding hydrogens is 673 g/mol. The van der Waals surface area contributed by atoms with Crippen LogP contribution in [0, 0.1) is 29.6 Å². The van der Waals surface area contributed by atoms with E-state index in [1.807, 2.05) is 66.7 Å². The molecule has 1 aliphatic carbocycles. The number of aromatic nitrogens is 1. The van der Waals surface area contributed by atoms with Crippen molar-refractivity contribution in [1.29, 1.82) is 10.5 Å². The highest BCUT2D eigenvalue weighted by Crippen LogP contribution is 2.44. The number of aliphatic hydroxyl groups is 1. The second kappa shape index (κ2) is 15.4. The lowest BCUT2D eigenvalue weighted by Gasteiger charge is -2.18. The van der Waals surface area contributed by atoms with Gasteiger partial charge in [0.2, 0.25) is 11.8 Å². The molecular formula is C40H30Cl2N3O5. The molecule has 249 valence electrons. The highest BCUT2D eigenvalue weighted by atomic mass is 35.5. The molecule has 1 aliphatic rings. The molecule has 0 aliphatic heterocycles. The van der Waals surface area contributed by atoms with Crippen LogP contribution in [0.25, 0.3) is 22.3 Å². The lowest BCUT2D eigenvalue weighted by Crippen LogP contribution is -2.08. The van der Waals surface area contributed by atoms with Crippen LogP contribution in [0.1, 0.15) is 57.1 Å². The number of aliphatic hydroxyl groups excluding tert-OH is 1. The zero-order chi connectivity index (χ0) is 35.2. The number of benzene rings is 4. The quantitative estimate of drug-likeness (QED) is 0.128. The van der Waals surface area contributed by atoms with Crippen LogP contribution in [0.15, 0.2) is 84.9 Å². The van der Waals surface area contributed by atoms with Crippen LogP contribution in [0.4, 0.5) is 0 Å². The van der Waals surface area contributed by atoms with Gasteiger partial charge >= 0.3 is 0 Å². The summed E-state index contributed by atoms with van der Waals surface area (Å²) in [5.74, 6) is 0.837. The molecule has 6 rings (SSSR count). The van der Waals surface area contributed by atoms with Crippen molar-refractivity contribution in [2.75, 3.05) is 6.61 Å². The number of aldehydes is 1. The van der Waals surface area contributed by atoms with E-state index in [2.05, 4.69) is 18.0 Å². The molecule has 0 saturated heterocycles. The predicted molar refractivity (Wildman–Crippen MR) is 190 cm³/mol.